The van der Waals surface area contributed by atoms with Crippen LogP contribution in [0.25, 0.3) is 0 Å². The molecule has 0 unspecified atom stereocenters. The van der Waals surface area contributed by atoms with Crippen molar-refractivity contribution in [1.29, 1.82) is 0 Å². The number of halogens is 3. The second-order valence-electron chi connectivity index (χ2n) is 3.52. The first-order valence-corrected chi connectivity index (χ1v) is 5.48. The van der Waals surface area contributed by atoms with Gasteiger partial charge in [-0.05, 0) is 6.92 Å². The van der Waals surface area contributed by atoms with Gasteiger partial charge in [-0.3, -0.25) is 9.59 Å². The van der Waals surface area contributed by atoms with Crippen LogP contribution in [0.4, 0.5) is 13.2 Å². The van der Waals surface area contributed by atoms with Gasteiger partial charge in [-0.2, -0.15) is 0 Å². The number of aromatic nitrogens is 1. The Morgan fingerprint density at radius 1 is 1.40 bits per heavy atom. The number of pyridine rings is 1. The maximum Gasteiger partial charge on any atom is 0.574 e. The van der Waals surface area contributed by atoms with E-state index in [0.29, 0.717) is 0 Å². The number of esters is 1. The van der Waals surface area contributed by atoms with Crippen molar-refractivity contribution in [2.24, 2.45) is 0 Å². The largest absolute Gasteiger partial charge is 0.574 e. The average molecular weight is 295 g/mol. The zero-order valence-electron chi connectivity index (χ0n) is 10.7. The number of alkyl halides is 3. The maximum atomic E-state index is 12.2. The molecule has 0 fully saturated rings. The maximum absolute atomic E-state index is 12.2. The van der Waals surface area contributed by atoms with E-state index in [1.54, 1.807) is 0 Å². The SMILES string of the molecule is CCOC(=O)Cc1c(OC(F)(F)F)[nH]cc(OC)c1=O. The van der Waals surface area contributed by atoms with E-state index in [0.717, 1.165) is 6.20 Å². The molecule has 0 saturated heterocycles. The van der Waals surface area contributed by atoms with Crippen molar-refractivity contribution in [3.63, 3.8) is 0 Å². The summed E-state index contributed by atoms with van der Waals surface area (Å²) in [5.41, 5.74) is -1.39. The van der Waals surface area contributed by atoms with E-state index in [2.05, 4.69) is 19.2 Å². The Kier molecular flexibility index (Phi) is 5.00. The van der Waals surface area contributed by atoms with Gasteiger partial charge < -0.3 is 19.2 Å². The number of carbonyl (C=O) groups is 1. The Bertz CT molecular complexity index is 538. The molecule has 0 aromatic carbocycles. The van der Waals surface area contributed by atoms with Crippen LogP contribution in [0.3, 0.4) is 0 Å². The molecule has 1 rings (SSSR count). The number of H-pyrrole nitrogens is 1. The van der Waals surface area contributed by atoms with Gasteiger partial charge in [0.2, 0.25) is 11.3 Å². The monoisotopic (exact) mass is 295 g/mol. The summed E-state index contributed by atoms with van der Waals surface area (Å²) < 4.78 is 49.6. The fourth-order valence-electron chi connectivity index (χ4n) is 1.41. The lowest BCUT2D eigenvalue weighted by Crippen LogP contribution is -2.24. The van der Waals surface area contributed by atoms with E-state index in [1.165, 1.54) is 14.0 Å². The minimum Gasteiger partial charge on any atom is -0.491 e. The Balaban J connectivity index is 3.20. The van der Waals surface area contributed by atoms with Gasteiger partial charge in [0.05, 0.1) is 31.9 Å². The molecule has 0 aliphatic rings. The summed E-state index contributed by atoms with van der Waals surface area (Å²) in [6.07, 6.45) is -4.75. The van der Waals surface area contributed by atoms with E-state index < -0.39 is 35.6 Å². The molecule has 0 bridgehead atoms. The Hall–Kier alpha value is -2.19. The highest BCUT2D eigenvalue weighted by Gasteiger charge is 2.33. The third kappa shape index (κ3) is 4.18. The summed E-state index contributed by atoms with van der Waals surface area (Å²) >= 11 is 0. The molecular formula is C11H12F3NO5. The molecule has 0 aliphatic heterocycles. The van der Waals surface area contributed by atoms with Crippen molar-refractivity contribution in [2.45, 2.75) is 19.7 Å². The van der Waals surface area contributed by atoms with Gasteiger partial charge in [-0.25, -0.2) is 0 Å². The number of carbonyl (C=O) groups excluding carboxylic acids is 1. The van der Waals surface area contributed by atoms with Crippen LogP contribution in [-0.4, -0.2) is 31.0 Å². The first kappa shape index (κ1) is 15.9. The second kappa shape index (κ2) is 6.31. The molecule has 1 heterocycles. The molecule has 0 spiro atoms. The summed E-state index contributed by atoms with van der Waals surface area (Å²) in [6, 6.07) is 0. The third-order valence-electron chi connectivity index (χ3n) is 2.17. The topological polar surface area (TPSA) is 77.6 Å². The molecule has 1 aromatic heterocycles. The van der Waals surface area contributed by atoms with Crippen molar-refractivity contribution in [2.75, 3.05) is 13.7 Å². The molecule has 20 heavy (non-hydrogen) atoms. The van der Waals surface area contributed by atoms with Crippen molar-refractivity contribution in [3.8, 4) is 11.6 Å². The standard InChI is InChI=1S/C11H12F3NO5/c1-3-19-8(16)4-6-9(17)7(18-2)5-15-10(6)20-11(12,13)14/h5H,3-4H2,1-2H3,(H,15,17). The first-order chi connectivity index (χ1) is 9.28. The number of methoxy groups -OCH3 is 1. The predicted molar refractivity (Wildman–Crippen MR) is 60.6 cm³/mol. The summed E-state index contributed by atoms with van der Waals surface area (Å²) in [5.74, 6) is -1.95. The second-order valence-corrected chi connectivity index (χ2v) is 3.52. The third-order valence-corrected chi connectivity index (χ3v) is 2.17. The number of hydrogen-bond acceptors (Lipinski definition) is 5. The van der Waals surface area contributed by atoms with E-state index in [-0.39, 0.29) is 12.4 Å². The van der Waals surface area contributed by atoms with Gasteiger partial charge in [0.1, 0.15) is 0 Å². The fraction of sp³-hybridized carbons (Fsp3) is 0.455. The molecule has 1 aromatic rings. The first-order valence-electron chi connectivity index (χ1n) is 5.48. The molecule has 112 valence electrons. The van der Waals surface area contributed by atoms with Crippen molar-refractivity contribution >= 4 is 5.97 Å². The van der Waals surface area contributed by atoms with Crippen molar-refractivity contribution < 1.29 is 32.2 Å². The van der Waals surface area contributed by atoms with Crippen LogP contribution in [0.1, 0.15) is 12.5 Å². The van der Waals surface area contributed by atoms with E-state index in [9.17, 15) is 22.8 Å². The summed E-state index contributed by atoms with van der Waals surface area (Å²) in [5, 5.41) is 0. The lowest BCUT2D eigenvalue weighted by molar-refractivity contribution is -0.276. The van der Waals surface area contributed by atoms with E-state index >= 15 is 0 Å². The highest BCUT2D eigenvalue weighted by molar-refractivity contribution is 5.73. The molecule has 0 radical (unpaired) electrons. The Morgan fingerprint density at radius 3 is 2.55 bits per heavy atom. The van der Waals surface area contributed by atoms with E-state index in [4.69, 9.17) is 0 Å². The minimum absolute atomic E-state index is 0.0379. The number of aromatic amines is 1. The molecule has 1 N–H and O–H groups in total. The average Bonchev–Trinajstić information content (AvgIpc) is 2.32. The number of rotatable bonds is 5. The number of ether oxygens (including phenoxy) is 3. The van der Waals surface area contributed by atoms with E-state index in [1.807, 2.05) is 0 Å². The quantitative estimate of drug-likeness (QED) is 0.831. The summed E-state index contributed by atoms with van der Waals surface area (Å²) in [7, 11) is 1.17. The van der Waals surface area contributed by atoms with Gasteiger partial charge in [0.25, 0.3) is 0 Å². The lowest BCUT2D eigenvalue weighted by Gasteiger charge is -2.13. The number of nitrogens with one attached hydrogen (secondary N) is 1. The molecule has 0 aliphatic carbocycles. The Labute approximate surface area is 111 Å². The molecule has 0 atom stereocenters. The van der Waals surface area contributed by atoms with Crippen LogP contribution >= 0.6 is 0 Å². The summed E-state index contributed by atoms with van der Waals surface area (Å²) in [6.45, 7) is 1.57. The molecule has 0 amide bonds. The zero-order chi connectivity index (χ0) is 15.3. The number of hydrogen-bond donors (Lipinski definition) is 1. The molecular weight excluding hydrogens is 283 g/mol. The van der Waals surface area contributed by atoms with Crippen LogP contribution in [0, 0.1) is 0 Å². The summed E-state index contributed by atoms with van der Waals surface area (Å²) in [4.78, 5) is 25.3. The minimum atomic E-state index is -5.00. The molecule has 9 heteroatoms. The van der Waals surface area contributed by atoms with Crippen LogP contribution in [0.2, 0.25) is 0 Å². The van der Waals surface area contributed by atoms with Gasteiger partial charge in [-0.1, -0.05) is 0 Å². The normalized spacial score (nSPS) is 11.1. The highest BCUT2D eigenvalue weighted by atomic mass is 19.4. The van der Waals surface area contributed by atoms with Gasteiger partial charge in [0, 0.05) is 0 Å². The van der Waals surface area contributed by atoms with Crippen LogP contribution in [-0.2, 0) is 16.0 Å². The van der Waals surface area contributed by atoms with Crippen molar-refractivity contribution in [3.05, 3.63) is 22.0 Å². The van der Waals surface area contributed by atoms with Gasteiger partial charge in [-0.15, -0.1) is 13.2 Å². The lowest BCUT2D eigenvalue weighted by atomic mass is 10.2. The van der Waals surface area contributed by atoms with Crippen LogP contribution in [0.5, 0.6) is 11.6 Å². The molecule has 0 saturated carbocycles. The van der Waals surface area contributed by atoms with Crippen LogP contribution < -0.4 is 14.9 Å². The van der Waals surface area contributed by atoms with Gasteiger partial charge in [0.15, 0.2) is 5.75 Å². The highest BCUT2D eigenvalue weighted by Crippen LogP contribution is 2.24. The molecule has 6 nitrogen and oxygen atoms in total. The Morgan fingerprint density at radius 2 is 2.05 bits per heavy atom. The smallest absolute Gasteiger partial charge is 0.491 e. The van der Waals surface area contributed by atoms with Crippen LogP contribution in [0.15, 0.2) is 11.0 Å². The zero-order valence-corrected chi connectivity index (χ0v) is 10.7. The van der Waals surface area contributed by atoms with Gasteiger partial charge >= 0.3 is 12.3 Å². The van der Waals surface area contributed by atoms with Crippen molar-refractivity contribution in [1.82, 2.24) is 4.98 Å². The predicted octanol–water partition coefficient (Wildman–Crippen LogP) is 1.39. The fourth-order valence-corrected chi connectivity index (χ4v) is 1.41.